The Balaban J connectivity index is -0.00000000800. The molecule has 0 saturated carbocycles. The molecule has 0 aromatic carbocycles. The minimum absolute atomic E-state index is 0. The molecular weight excluding hydrogens is 324 g/mol. The first-order valence-electron chi connectivity index (χ1n) is 0.756. The van der Waals surface area contributed by atoms with Gasteiger partial charge in [-0.3, -0.25) is 0 Å². The Morgan fingerprint density at radius 2 is 0.600 bits per heavy atom. The van der Waals surface area contributed by atoms with Gasteiger partial charge in [-0.25, -0.2) is 0 Å². The van der Waals surface area contributed by atoms with Crippen LogP contribution in [0.5, 0.6) is 0 Å². The van der Waals surface area contributed by atoms with Gasteiger partial charge in [0.15, 0.2) is 17.4 Å². The van der Waals surface area contributed by atoms with Crippen LogP contribution in [0.15, 0.2) is 0 Å². The average Bonchev–Trinajstić information content (AvgIpc) is 0.722. The molecule has 0 atom stereocenters. The van der Waals surface area contributed by atoms with Crippen molar-refractivity contribution in [3.8, 4) is 0 Å². The summed E-state index contributed by atoms with van der Waals surface area (Å²) in [6, 6.07) is 0. The molecule has 10 heteroatoms. The van der Waals surface area contributed by atoms with E-state index in [4.69, 9.17) is 34.1 Å². The summed E-state index contributed by atoms with van der Waals surface area (Å²) in [5.41, 5.74) is 0. The van der Waals surface area contributed by atoms with Crippen LogP contribution in [0.2, 0.25) is 0 Å². The molecule has 0 bridgehead atoms. The third-order valence-corrected chi connectivity index (χ3v) is 0. The van der Waals surface area contributed by atoms with Crippen molar-refractivity contribution in [1.82, 2.24) is 0 Å². The Hall–Kier alpha value is 2.42. The first-order chi connectivity index (χ1) is 2.00. The molecule has 0 radical (unpaired) electrons. The van der Waals surface area contributed by atoms with E-state index in [9.17, 15) is 0 Å². The fraction of sp³-hybridized carbons (Fsp3) is 0. The van der Waals surface area contributed by atoms with Crippen molar-refractivity contribution in [2.45, 2.75) is 0 Å². The molecule has 10 heavy (non-hydrogen) atoms. The van der Waals surface area contributed by atoms with Gasteiger partial charge in [0, 0.05) is 0 Å². The first-order valence-corrected chi connectivity index (χ1v) is 13.4. The van der Waals surface area contributed by atoms with Gasteiger partial charge in [0.05, 0.1) is 0 Å². The monoisotopic (exact) mass is 332 g/mol. The molecule has 0 aliphatic heterocycles. The third kappa shape index (κ3) is 158. The Morgan fingerprint density at radius 3 is 0.600 bits per heavy atom. The van der Waals surface area contributed by atoms with Crippen molar-refractivity contribution in [3.63, 3.8) is 0 Å². The van der Waals surface area contributed by atoms with Gasteiger partial charge in [-0.2, -0.15) is 0 Å². The molecular formula is H11AlCl4O4Zr. The molecule has 0 heterocycles. The van der Waals surface area contributed by atoms with E-state index >= 15 is 0 Å². The molecule has 0 spiro atoms. The topological polar surface area (TPSA) is 126 Å². The van der Waals surface area contributed by atoms with Crippen LogP contribution in [0.3, 0.4) is 0 Å². The molecule has 0 unspecified atom stereocenters. The quantitative estimate of drug-likeness (QED) is 0.467. The second kappa shape index (κ2) is 17.5. The van der Waals surface area contributed by atoms with E-state index in [2.05, 4.69) is 0 Å². The molecule has 0 aromatic rings. The van der Waals surface area contributed by atoms with E-state index in [1.807, 2.05) is 0 Å². The van der Waals surface area contributed by atoms with E-state index in [0.717, 1.165) is 0 Å². The molecule has 0 aliphatic rings. The fourth-order valence-electron chi connectivity index (χ4n) is 0. The van der Waals surface area contributed by atoms with E-state index in [-0.39, 0.29) is 39.3 Å². The van der Waals surface area contributed by atoms with Crippen LogP contribution < -0.4 is 0 Å². The van der Waals surface area contributed by atoms with Crippen molar-refractivity contribution >= 4 is 51.4 Å². The summed E-state index contributed by atoms with van der Waals surface area (Å²) in [4.78, 5) is 0. The van der Waals surface area contributed by atoms with Crippen molar-refractivity contribution in [1.29, 1.82) is 0 Å². The van der Waals surface area contributed by atoms with Crippen LogP contribution in [0, 0.1) is 0 Å². The van der Waals surface area contributed by atoms with Crippen molar-refractivity contribution in [2.24, 2.45) is 0 Å². The van der Waals surface area contributed by atoms with E-state index in [1.165, 1.54) is 0 Å². The van der Waals surface area contributed by atoms with Gasteiger partial charge in [0.1, 0.15) is 0 Å². The summed E-state index contributed by atoms with van der Waals surface area (Å²) in [6.07, 6.45) is 0. The molecule has 70 valence electrons. The molecule has 0 amide bonds. The first kappa shape index (κ1) is 39.3. The normalized spacial score (nSPS) is 6.00. The molecule has 0 aromatic heterocycles. The molecule has 0 rings (SSSR count). The number of rotatable bonds is 0. The summed E-state index contributed by atoms with van der Waals surface area (Å²) in [5.74, 6) is 0. The molecule has 8 N–H and O–H groups in total. The van der Waals surface area contributed by atoms with Crippen molar-refractivity contribution in [2.75, 3.05) is 0 Å². The van der Waals surface area contributed by atoms with E-state index < -0.39 is 15.5 Å². The van der Waals surface area contributed by atoms with Crippen LogP contribution in [0.25, 0.3) is 0 Å². The zero-order valence-corrected chi connectivity index (χ0v) is 9.49. The van der Waals surface area contributed by atoms with Crippen molar-refractivity contribution < 1.29 is 37.4 Å². The molecule has 0 aliphatic carbocycles. The maximum atomic E-state index is 5.04. The van der Waals surface area contributed by atoms with Crippen LogP contribution in [-0.2, 0) is 15.5 Å². The SMILES string of the molecule is O.O.O.O.[AlH3].[Cl][Zr]([Cl])([Cl])[Cl]. The van der Waals surface area contributed by atoms with Crippen LogP contribution in [0.1, 0.15) is 0 Å². The van der Waals surface area contributed by atoms with E-state index in [1.54, 1.807) is 0 Å². The minimum atomic E-state index is -3.29. The van der Waals surface area contributed by atoms with Gasteiger partial charge in [0.25, 0.3) is 0 Å². The second-order valence-corrected chi connectivity index (χ2v) is 22.8. The van der Waals surface area contributed by atoms with Gasteiger partial charge < -0.3 is 21.9 Å². The number of hydrogen-bond donors (Lipinski definition) is 0. The summed E-state index contributed by atoms with van der Waals surface area (Å²) < 4.78 is 0. The van der Waals surface area contributed by atoms with Gasteiger partial charge in [-0.15, -0.1) is 0 Å². The molecule has 0 saturated heterocycles. The Bertz CT molecular complexity index is 32.7. The Morgan fingerprint density at radius 1 is 0.600 bits per heavy atom. The third-order valence-electron chi connectivity index (χ3n) is 0. The Labute approximate surface area is 87.7 Å². The standard InChI is InChI=1S/Al.4ClH.4H2O.Zr.3H/h;4*1H;4*1H2;;;;/q;;;;;;;;;+4;;;/p-4. The van der Waals surface area contributed by atoms with Crippen LogP contribution in [-0.4, -0.2) is 39.3 Å². The molecule has 0 fully saturated rings. The maximum absolute atomic E-state index is 5.04. The Kier molecular flexibility index (Phi) is 68.7. The summed E-state index contributed by atoms with van der Waals surface area (Å²) in [5, 5.41) is 0. The predicted molar refractivity (Wildman–Crippen MR) is 47.8 cm³/mol. The zero-order valence-electron chi connectivity index (χ0n) is 4.01. The van der Waals surface area contributed by atoms with Crippen molar-refractivity contribution in [3.05, 3.63) is 0 Å². The van der Waals surface area contributed by atoms with Crippen LogP contribution in [0.4, 0.5) is 0 Å². The summed E-state index contributed by atoms with van der Waals surface area (Å²) in [7, 11) is 20.1. The van der Waals surface area contributed by atoms with Gasteiger partial charge >= 0.3 is 49.5 Å². The number of halogens is 4. The summed E-state index contributed by atoms with van der Waals surface area (Å²) >= 11 is -3.29. The zero-order chi connectivity index (χ0) is 4.50. The average molecular weight is 335 g/mol. The summed E-state index contributed by atoms with van der Waals surface area (Å²) in [6.45, 7) is 0. The van der Waals surface area contributed by atoms with E-state index in [0.29, 0.717) is 0 Å². The van der Waals surface area contributed by atoms with Gasteiger partial charge in [0.2, 0.25) is 0 Å². The van der Waals surface area contributed by atoms with Crippen LogP contribution >= 0.6 is 34.1 Å². The predicted octanol–water partition coefficient (Wildman–Crippen LogP) is -1.73. The van der Waals surface area contributed by atoms with Gasteiger partial charge in [-0.05, 0) is 0 Å². The molecule has 4 nitrogen and oxygen atoms in total. The second-order valence-electron chi connectivity index (χ2n) is 0.429. The van der Waals surface area contributed by atoms with Gasteiger partial charge in [-0.1, -0.05) is 0 Å². The number of hydrogen-bond acceptors (Lipinski definition) is 0. The fourth-order valence-corrected chi connectivity index (χ4v) is 0.